The van der Waals surface area contributed by atoms with E-state index in [1.807, 2.05) is 13.8 Å². The number of ketones is 1. The van der Waals surface area contributed by atoms with E-state index in [1.54, 1.807) is 0 Å². The third-order valence-electron chi connectivity index (χ3n) is 4.86. The maximum atomic E-state index is 11.8. The van der Waals surface area contributed by atoms with Crippen LogP contribution in [0.25, 0.3) is 32.3 Å². The molecule has 4 rings (SSSR count). The van der Waals surface area contributed by atoms with Gasteiger partial charge in [-0.05, 0) is 33.0 Å². The van der Waals surface area contributed by atoms with Crippen LogP contribution in [0.15, 0.2) is 54.6 Å². The van der Waals surface area contributed by atoms with Crippen molar-refractivity contribution in [2.45, 2.75) is 20.3 Å². The van der Waals surface area contributed by atoms with Gasteiger partial charge in [0.2, 0.25) is 0 Å². The van der Waals surface area contributed by atoms with Crippen LogP contribution in [-0.2, 0) is 4.79 Å². The largest absolute Gasteiger partial charge is 0.384 e. The van der Waals surface area contributed by atoms with Gasteiger partial charge in [0, 0.05) is 30.0 Å². The van der Waals surface area contributed by atoms with Crippen molar-refractivity contribution < 1.29 is 4.79 Å². The summed E-state index contributed by atoms with van der Waals surface area (Å²) >= 11 is 0. The number of anilines is 1. The molecule has 0 radical (unpaired) electrons. The summed E-state index contributed by atoms with van der Waals surface area (Å²) in [5.74, 6) is 0.411. The summed E-state index contributed by atoms with van der Waals surface area (Å²) in [5, 5.41) is 11.1. The summed E-state index contributed by atoms with van der Waals surface area (Å²) < 4.78 is 0. The lowest BCUT2D eigenvalue weighted by Crippen LogP contribution is -2.13. The van der Waals surface area contributed by atoms with Gasteiger partial charge >= 0.3 is 0 Å². The van der Waals surface area contributed by atoms with E-state index < -0.39 is 0 Å². The molecule has 0 atom stereocenters. The molecule has 0 heterocycles. The molecule has 0 aliphatic heterocycles. The molecule has 120 valence electrons. The molecule has 0 saturated carbocycles. The Morgan fingerprint density at radius 1 is 0.875 bits per heavy atom. The van der Waals surface area contributed by atoms with E-state index in [-0.39, 0.29) is 5.92 Å². The Balaban J connectivity index is 1.78. The van der Waals surface area contributed by atoms with Gasteiger partial charge in [-0.15, -0.1) is 0 Å². The molecule has 0 bridgehead atoms. The fourth-order valence-electron chi connectivity index (χ4n) is 3.50. The van der Waals surface area contributed by atoms with Crippen LogP contribution < -0.4 is 5.32 Å². The van der Waals surface area contributed by atoms with Crippen molar-refractivity contribution >= 4 is 43.8 Å². The molecule has 1 N–H and O–H groups in total. The third kappa shape index (κ3) is 2.39. The minimum absolute atomic E-state index is 0.105. The molecule has 4 aromatic carbocycles. The van der Waals surface area contributed by atoms with Gasteiger partial charge in [-0.25, -0.2) is 0 Å². The average Bonchev–Trinajstić information content (AvgIpc) is 2.60. The fourth-order valence-corrected chi connectivity index (χ4v) is 3.50. The average molecular weight is 315 g/mol. The number of nitrogens with one attached hydrogen (secondary N) is 1. The van der Waals surface area contributed by atoms with Crippen LogP contribution in [0.3, 0.4) is 0 Å². The number of Topliss-reactive ketones (excluding diaryl/α,β-unsaturated/α-hetero) is 1. The molecule has 0 aromatic heterocycles. The molecule has 2 nitrogen and oxygen atoms in total. The number of carbonyl (C=O) groups is 1. The van der Waals surface area contributed by atoms with E-state index in [0.29, 0.717) is 18.7 Å². The van der Waals surface area contributed by atoms with E-state index in [1.165, 1.54) is 32.3 Å². The Kier molecular flexibility index (Phi) is 3.61. The molecule has 0 aliphatic carbocycles. The minimum Gasteiger partial charge on any atom is -0.384 e. The van der Waals surface area contributed by atoms with Crippen molar-refractivity contribution in [3.8, 4) is 0 Å². The summed E-state index contributed by atoms with van der Waals surface area (Å²) in [6.07, 6.45) is 0.569. The van der Waals surface area contributed by atoms with Crippen molar-refractivity contribution in [3.63, 3.8) is 0 Å². The molecule has 0 saturated heterocycles. The van der Waals surface area contributed by atoms with Crippen LogP contribution in [0.1, 0.15) is 20.3 Å². The van der Waals surface area contributed by atoms with Crippen LogP contribution in [0.5, 0.6) is 0 Å². The summed E-state index contributed by atoms with van der Waals surface area (Å²) in [6.45, 7) is 4.60. The molecular weight excluding hydrogens is 294 g/mol. The number of benzene rings is 4. The fraction of sp³-hybridized carbons (Fsp3) is 0.227. The lowest BCUT2D eigenvalue weighted by atomic mass is 9.93. The van der Waals surface area contributed by atoms with Crippen molar-refractivity contribution in [2.75, 3.05) is 11.9 Å². The monoisotopic (exact) mass is 315 g/mol. The van der Waals surface area contributed by atoms with Gasteiger partial charge in [0.1, 0.15) is 5.78 Å². The second kappa shape index (κ2) is 5.79. The summed E-state index contributed by atoms with van der Waals surface area (Å²) in [7, 11) is 0. The molecule has 0 unspecified atom stereocenters. The van der Waals surface area contributed by atoms with Gasteiger partial charge in [0.15, 0.2) is 0 Å². The predicted molar refractivity (Wildman–Crippen MR) is 103 cm³/mol. The molecule has 0 amide bonds. The van der Waals surface area contributed by atoms with Crippen molar-refractivity contribution in [3.05, 3.63) is 54.6 Å². The highest BCUT2D eigenvalue weighted by atomic mass is 16.1. The maximum Gasteiger partial charge on any atom is 0.137 e. The smallest absolute Gasteiger partial charge is 0.137 e. The van der Waals surface area contributed by atoms with Crippen molar-refractivity contribution in [2.24, 2.45) is 5.92 Å². The first-order valence-electron chi connectivity index (χ1n) is 8.58. The van der Waals surface area contributed by atoms with Crippen molar-refractivity contribution in [1.82, 2.24) is 0 Å². The molecule has 24 heavy (non-hydrogen) atoms. The van der Waals surface area contributed by atoms with Crippen LogP contribution in [-0.4, -0.2) is 12.3 Å². The SMILES string of the molecule is CC(C)C(=O)CCNc1ccc2ccc3cccc4ccc1c2c34. The Bertz CT molecular complexity index is 1020. The highest BCUT2D eigenvalue weighted by molar-refractivity contribution is 6.25. The molecule has 0 spiro atoms. The first kappa shape index (κ1) is 14.9. The number of hydrogen-bond donors (Lipinski definition) is 1. The van der Waals surface area contributed by atoms with Gasteiger partial charge in [0.25, 0.3) is 0 Å². The topological polar surface area (TPSA) is 29.1 Å². The zero-order chi connectivity index (χ0) is 16.7. The van der Waals surface area contributed by atoms with E-state index in [4.69, 9.17) is 0 Å². The Hall–Kier alpha value is -2.61. The van der Waals surface area contributed by atoms with E-state index in [2.05, 4.69) is 59.9 Å². The van der Waals surface area contributed by atoms with Crippen molar-refractivity contribution in [1.29, 1.82) is 0 Å². The number of rotatable bonds is 5. The third-order valence-corrected chi connectivity index (χ3v) is 4.86. The zero-order valence-corrected chi connectivity index (χ0v) is 14.1. The second-order valence-corrected chi connectivity index (χ2v) is 6.77. The van der Waals surface area contributed by atoms with Crippen LogP contribution in [0, 0.1) is 5.92 Å². The van der Waals surface area contributed by atoms with E-state index in [0.717, 1.165) is 5.69 Å². The summed E-state index contributed by atoms with van der Waals surface area (Å²) in [6, 6.07) is 19.5. The summed E-state index contributed by atoms with van der Waals surface area (Å²) in [4.78, 5) is 11.8. The standard InChI is InChI=1S/C22H21NO/c1-14(2)20(24)12-13-23-19-11-9-17-7-6-15-4-3-5-16-8-10-18(19)22(17)21(15)16/h3-11,14,23H,12-13H2,1-2H3. The van der Waals surface area contributed by atoms with Crippen LogP contribution >= 0.6 is 0 Å². The molecule has 0 aliphatic rings. The van der Waals surface area contributed by atoms with Gasteiger partial charge in [-0.3, -0.25) is 4.79 Å². The second-order valence-electron chi connectivity index (χ2n) is 6.77. The van der Waals surface area contributed by atoms with Gasteiger partial charge < -0.3 is 5.32 Å². The minimum atomic E-state index is 0.105. The quantitative estimate of drug-likeness (QED) is 0.485. The summed E-state index contributed by atoms with van der Waals surface area (Å²) in [5.41, 5.74) is 1.11. The lowest BCUT2D eigenvalue weighted by molar-refractivity contribution is -0.121. The Morgan fingerprint density at radius 3 is 2.21 bits per heavy atom. The van der Waals surface area contributed by atoms with Crippen LogP contribution in [0.4, 0.5) is 5.69 Å². The first-order valence-corrected chi connectivity index (χ1v) is 8.58. The first-order chi connectivity index (χ1) is 11.6. The highest BCUT2D eigenvalue weighted by Gasteiger charge is 2.11. The Morgan fingerprint density at radius 2 is 1.50 bits per heavy atom. The van der Waals surface area contributed by atoms with E-state index in [9.17, 15) is 4.79 Å². The molecule has 0 fully saturated rings. The number of carbonyl (C=O) groups excluding carboxylic acids is 1. The Labute approximate surface area is 141 Å². The van der Waals surface area contributed by atoms with Gasteiger partial charge in [-0.1, -0.05) is 62.4 Å². The highest BCUT2D eigenvalue weighted by Crippen LogP contribution is 2.37. The maximum absolute atomic E-state index is 11.8. The lowest BCUT2D eigenvalue weighted by Gasteiger charge is -2.15. The zero-order valence-electron chi connectivity index (χ0n) is 14.1. The normalized spacial score (nSPS) is 11.8. The van der Waals surface area contributed by atoms with Gasteiger partial charge in [-0.2, -0.15) is 0 Å². The molecule has 4 aromatic rings. The van der Waals surface area contributed by atoms with E-state index >= 15 is 0 Å². The van der Waals surface area contributed by atoms with Crippen LogP contribution in [0.2, 0.25) is 0 Å². The number of hydrogen-bond acceptors (Lipinski definition) is 2. The molecule has 2 heteroatoms. The predicted octanol–water partition coefficient (Wildman–Crippen LogP) is 5.61. The molecular formula is C22H21NO. The van der Waals surface area contributed by atoms with Gasteiger partial charge in [0.05, 0.1) is 0 Å².